The van der Waals surface area contributed by atoms with Gasteiger partial charge in [-0.1, -0.05) is 13.3 Å². The summed E-state index contributed by atoms with van der Waals surface area (Å²) in [5.41, 5.74) is 0. The lowest BCUT2D eigenvalue weighted by Crippen LogP contribution is -2.42. The van der Waals surface area contributed by atoms with E-state index in [2.05, 4.69) is 11.8 Å². The highest BCUT2D eigenvalue weighted by Gasteiger charge is 2.34. The molecule has 1 atom stereocenters. The number of nitrogens with zero attached hydrogens (tertiary/aromatic N) is 1. The Morgan fingerprint density at radius 1 is 1.47 bits per heavy atom. The summed E-state index contributed by atoms with van der Waals surface area (Å²) in [5.74, 6) is -0.0690. The van der Waals surface area contributed by atoms with E-state index in [1.54, 1.807) is 0 Å². The van der Waals surface area contributed by atoms with Crippen molar-refractivity contribution in [1.29, 1.82) is 0 Å². The molecular weight excluding hydrogens is 190 g/mol. The first-order valence-electron chi connectivity index (χ1n) is 6.13. The van der Waals surface area contributed by atoms with Gasteiger partial charge in [0, 0.05) is 6.04 Å². The normalized spacial score (nSPS) is 17.9. The molecule has 0 N–H and O–H groups in total. The zero-order valence-corrected chi connectivity index (χ0v) is 10.2. The predicted octanol–water partition coefficient (Wildman–Crippen LogP) is 2.20. The number of unbranched alkanes of at least 4 members (excludes halogenated alkanes) is 1. The number of carbonyl (C=O) groups excluding carboxylic acids is 1. The molecule has 3 heteroatoms. The quantitative estimate of drug-likeness (QED) is 0.607. The zero-order chi connectivity index (χ0) is 11.3. The van der Waals surface area contributed by atoms with Gasteiger partial charge in [-0.05, 0) is 39.7 Å². The van der Waals surface area contributed by atoms with Crippen molar-refractivity contribution in [2.24, 2.45) is 0 Å². The molecule has 0 amide bonds. The van der Waals surface area contributed by atoms with Crippen LogP contribution in [0.2, 0.25) is 0 Å². The summed E-state index contributed by atoms with van der Waals surface area (Å²) < 4.78 is 5.06. The maximum absolute atomic E-state index is 11.6. The molecule has 1 saturated carbocycles. The van der Waals surface area contributed by atoms with Crippen LogP contribution in [-0.2, 0) is 9.53 Å². The third-order valence-electron chi connectivity index (χ3n) is 2.91. The van der Waals surface area contributed by atoms with Crippen molar-refractivity contribution in [3.05, 3.63) is 0 Å². The van der Waals surface area contributed by atoms with E-state index < -0.39 is 0 Å². The third-order valence-corrected chi connectivity index (χ3v) is 2.91. The minimum atomic E-state index is -0.0690. The summed E-state index contributed by atoms with van der Waals surface area (Å²) >= 11 is 0. The molecule has 3 nitrogen and oxygen atoms in total. The van der Waals surface area contributed by atoms with E-state index in [-0.39, 0.29) is 12.0 Å². The minimum Gasteiger partial charge on any atom is -0.465 e. The van der Waals surface area contributed by atoms with Crippen LogP contribution in [0.25, 0.3) is 0 Å². The second-order valence-electron chi connectivity index (χ2n) is 4.25. The van der Waals surface area contributed by atoms with Gasteiger partial charge in [0.1, 0.15) is 6.04 Å². The van der Waals surface area contributed by atoms with E-state index in [4.69, 9.17) is 4.74 Å². The number of hydrogen-bond acceptors (Lipinski definition) is 3. The molecule has 1 aliphatic carbocycles. The van der Waals surface area contributed by atoms with Crippen LogP contribution in [0.15, 0.2) is 0 Å². The summed E-state index contributed by atoms with van der Waals surface area (Å²) in [6.45, 7) is 7.51. The van der Waals surface area contributed by atoms with Crippen LogP contribution in [0.5, 0.6) is 0 Å². The second-order valence-corrected chi connectivity index (χ2v) is 4.25. The van der Waals surface area contributed by atoms with Crippen molar-refractivity contribution in [3.8, 4) is 0 Å². The molecule has 0 aliphatic heterocycles. The van der Waals surface area contributed by atoms with Crippen molar-refractivity contribution in [2.75, 3.05) is 13.2 Å². The molecular formula is C12H23NO2. The molecule has 0 bridgehead atoms. The molecule has 0 aromatic rings. The molecule has 15 heavy (non-hydrogen) atoms. The van der Waals surface area contributed by atoms with E-state index >= 15 is 0 Å². The van der Waals surface area contributed by atoms with Gasteiger partial charge in [-0.15, -0.1) is 0 Å². The van der Waals surface area contributed by atoms with Gasteiger partial charge in [-0.2, -0.15) is 0 Å². The van der Waals surface area contributed by atoms with Gasteiger partial charge < -0.3 is 4.74 Å². The molecule has 0 spiro atoms. The number of ether oxygens (including phenoxy) is 1. The Bertz CT molecular complexity index is 202. The highest BCUT2D eigenvalue weighted by molar-refractivity contribution is 5.75. The van der Waals surface area contributed by atoms with Gasteiger partial charge in [-0.3, -0.25) is 9.69 Å². The monoisotopic (exact) mass is 213 g/mol. The van der Waals surface area contributed by atoms with Crippen LogP contribution in [-0.4, -0.2) is 36.1 Å². The van der Waals surface area contributed by atoms with Crippen LogP contribution >= 0.6 is 0 Å². The van der Waals surface area contributed by atoms with E-state index in [1.807, 2.05) is 13.8 Å². The standard InChI is InChI=1S/C12H23NO2/c1-4-6-9-13(11-7-8-11)10(3)12(14)15-5-2/h10-11H,4-9H2,1-3H3. The van der Waals surface area contributed by atoms with E-state index in [0.29, 0.717) is 12.6 Å². The van der Waals surface area contributed by atoms with Crippen molar-refractivity contribution >= 4 is 5.97 Å². The molecule has 0 saturated heterocycles. The Hall–Kier alpha value is -0.570. The maximum Gasteiger partial charge on any atom is 0.323 e. The summed E-state index contributed by atoms with van der Waals surface area (Å²) in [6.07, 6.45) is 4.83. The SMILES string of the molecule is CCCCN(C1CC1)C(C)C(=O)OCC. The molecule has 88 valence electrons. The first-order valence-corrected chi connectivity index (χ1v) is 6.13. The molecule has 0 radical (unpaired) electrons. The lowest BCUT2D eigenvalue weighted by Gasteiger charge is -2.27. The average Bonchev–Trinajstić information content (AvgIpc) is 3.02. The number of carbonyl (C=O) groups is 1. The van der Waals surface area contributed by atoms with Crippen molar-refractivity contribution < 1.29 is 9.53 Å². The van der Waals surface area contributed by atoms with Crippen LogP contribution in [0, 0.1) is 0 Å². The van der Waals surface area contributed by atoms with Gasteiger partial charge in [0.25, 0.3) is 0 Å². The molecule has 0 aromatic carbocycles. The Labute approximate surface area is 92.8 Å². The summed E-state index contributed by atoms with van der Waals surface area (Å²) in [4.78, 5) is 13.9. The molecule has 0 aromatic heterocycles. The van der Waals surface area contributed by atoms with Gasteiger partial charge in [-0.25, -0.2) is 0 Å². The molecule has 1 fully saturated rings. The predicted molar refractivity (Wildman–Crippen MR) is 60.7 cm³/mol. The molecule has 1 rings (SSSR count). The Kier molecular flexibility index (Phi) is 5.09. The van der Waals surface area contributed by atoms with Gasteiger partial charge in [0.2, 0.25) is 0 Å². The first-order chi connectivity index (χ1) is 7.20. The van der Waals surface area contributed by atoms with Crippen molar-refractivity contribution in [2.45, 2.75) is 58.5 Å². The van der Waals surface area contributed by atoms with Crippen LogP contribution < -0.4 is 0 Å². The van der Waals surface area contributed by atoms with E-state index in [0.717, 1.165) is 6.54 Å². The summed E-state index contributed by atoms with van der Waals surface area (Å²) in [7, 11) is 0. The third kappa shape index (κ3) is 3.82. The van der Waals surface area contributed by atoms with Crippen molar-refractivity contribution in [3.63, 3.8) is 0 Å². The largest absolute Gasteiger partial charge is 0.465 e. The second kappa shape index (κ2) is 6.11. The number of hydrogen-bond donors (Lipinski definition) is 0. The van der Waals surface area contributed by atoms with Crippen LogP contribution in [0.3, 0.4) is 0 Å². The number of rotatable bonds is 7. The zero-order valence-electron chi connectivity index (χ0n) is 10.2. The number of esters is 1. The van der Waals surface area contributed by atoms with Crippen LogP contribution in [0.4, 0.5) is 0 Å². The first kappa shape index (κ1) is 12.5. The molecule has 1 unspecified atom stereocenters. The Morgan fingerprint density at radius 2 is 2.13 bits per heavy atom. The highest BCUT2D eigenvalue weighted by atomic mass is 16.5. The summed E-state index contributed by atoms with van der Waals surface area (Å²) in [5, 5.41) is 0. The maximum atomic E-state index is 11.6. The minimum absolute atomic E-state index is 0.0657. The Morgan fingerprint density at radius 3 is 2.60 bits per heavy atom. The van der Waals surface area contributed by atoms with E-state index in [1.165, 1.54) is 25.7 Å². The fraction of sp³-hybridized carbons (Fsp3) is 0.917. The van der Waals surface area contributed by atoms with Crippen LogP contribution in [0.1, 0.15) is 46.5 Å². The fourth-order valence-corrected chi connectivity index (χ4v) is 1.84. The topological polar surface area (TPSA) is 29.5 Å². The van der Waals surface area contributed by atoms with Gasteiger partial charge in [0.15, 0.2) is 0 Å². The van der Waals surface area contributed by atoms with E-state index in [9.17, 15) is 4.79 Å². The fourth-order valence-electron chi connectivity index (χ4n) is 1.84. The Balaban J connectivity index is 2.42. The molecule has 0 heterocycles. The smallest absolute Gasteiger partial charge is 0.323 e. The lowest BCUT2D eigenvalue weighted by molar-refractivity contribution is -0.149. The highest BCUT2D eigenvalue weighted by Crippen LogP contribution is 2.29. The summed E-state index contributed by atoms with van der Waals surface area (Å²) in [6, 6.07) is 0.569. The van der Waals surface area contributed by atoms with Gasteiger partial charge in [0.05, 0.1) is 6.61 Å². The average molecular weight is 213 g/mol. The lowest BCUT2D eigenvalue weighted by atomic mass is 10.2. The van der Waals surface area contributed by atoms with Crippen molar-refractivity contribution in [1.82, 2.24) is 4.90 Å². The van der Waals surface area contributed by atoms with Gasteiger partial charge >= 0.3 is 5.97 Å². The molecule has 1 aliphatic rings.